The average molecular weight is 315 g/mol. The Morgan fingerprint density at radius 2 is 2.13 bits per heavy atom. The maximum absolute atomic E-state index is 12.1. The van der Waals surface area contributed by atoms with Crippen molar-refractivity contribution in [1.29, 1.82) is 0 Å². The van der Waals surface area contributed by atoms with Crippen LogP contribution in [0.1, 0.15) is 30.9 Å². The molecule has 7 heteroatoms. The number of hydrogen-bond donors (Lipinski definition) is 0. The molecule has 120 valence electrons. The van der Waals surface area contributed by atoms with Crippen LogP contribution in [0.5, 0.6) is 0 Å². The van der Waals surface area contributed by atoms with E-state index < -0.39 is 11.0 Å². The Hall–Kier alpha value is -2.54. The van der Waals surface area contributed by atoms with Gasteiger partial charge in [-0.3, -0.25) is 19.6 Å². The van der Waals surface area contributed by atoms with E-state index in [0.29, 0.717) is 25.9 Å². The monoisotopic (exact) mass is 315 g/mol. The predicted octanol–water partition coefficient (Wildman–Crippen LogP) is 2.67. The summed E-state index contributed by atoms with van der Waals surface area (Å²) >= 11 is 0. The van der Waals surface area contributed by atoms with Crippen molar-refractivity contribution >= 4 is 11.5 Å². The second-order valence-electron chi connectivity index (χ2n) is 5.61. The molecule has 2 aromatic rings. The quantitative estimate of drug-likeness (QED) is 0.625. The van der Waals surface area contributed by atoms with Crippen molar-refractivity contribution in [2.24, 2.45) is 0 Å². The first kappa shape index (κ1) is 15.4. The van der Waals surface area contributed by atoms with Gasteiger partial charge in [0.05, 0.1) is 17.6 Å². The van der Waals surface area contributed by atoms with Crippen molar-refractivity contribution in [2.75, 3.05) is 0 Å². The Kier molecular flexibility index (Phi) is 4.47. The molecule has 7 nitrogen and oxygen atoms in total. The van der Waals surface area contributed by atoms with Gasteiger partial charge >= 0.3 is 5.69 Å². The molecule has 1 heterocycles. The molecule has 3 rings (SSSR count). The first-order chi connectivity index (χ1) is 11.1. The first-order valence-corrected chi connectivity index (χ1v) is 7.50. The van der Waals surface area contributed by atoms with E-state index in [0.717, 1.165) is 5.56 Å². The van der Waals surface area contributed by atoms with Gasteiger partial charge in [-0.15, -0.1) is 0 Å². The van der Waals surface area contributed by atoms with Crippen molar-refractivity contribution in [2.45, 2.75) is 38.0 Å². The van der Waals surface area contributed by atoms with E-state index in [9.17, 15) is 14.9 Å². The molecule has 1 aliphatic rings. The molecule has 0 saturated heterocycles. The highest BCUT2D eigenvalue weighted by Crippen LogP contribution is 2.28. The molecule has 0 aliphatic heterocycles. The average Bonchev–Trinajstić information content (AvgIpc) is 3.05. The molecular formula is C16H17N3O4. The molecule has 1 fully saturated rings. The Labute approximate surface area is 133 Å². The molecule has 1 aromatic carbocycles. The van der Waals surface area contributed by atoms with Gasteiger partial charge in [-0.1, -0.05) is 30.3 Å². The molecule has 0 spiro atoms. The minimum Gasteiger partial charge on any atom is -0.373 e. The summed E-state index contributed by atoms with van der Waals surface area (Å²) in [5.74, 6) is 0.0440. The summed E-state index contributed by atoms with van der Waals surface area (Å²) in [6.07, 6.45) is 3.98. The van der Waals surface area contributed by atoms with Crippen LogP contribution in [0.4, 0.5) is 5.69 Å². The Morgan fingerprint density at radius 1 is 1.35 bits per heavy atom. The molecular weight excluding hydrogens is 298 g/mol. The van der Waals surface area contributed by atoms with Crippen LogP contribution < -0.4 is 0 Å². The third kappa shape index (κ3) is 3.62. The number of hydrogen-bond acceptors (Lipinski definition) is 5. The molecule has 0 amide bonds. The van der Waals surface area contributed by atoms with Gasteiger partial charge in [0.2, 0.25) is 0 Å². The zero-order valence-electron chi connectivity index (χ0n) is 12.5. The van der Waals surface area contributed by atoms with Gasteiger partial charge in [-0.25, -0.2) is 0 Å². The van der Waals surface area contributed by atoms with Crippen molar-refractivity contribution in [3.63, 3.8) is 0 Å². The van der Waals surface area contributed by atoms with Crippen LogP contribution in [0.3, 0.4) is 0 Å². The summed E-state index contributed by atoms with van der Waals surface area (Å²) in [5.41, 5.74) is 0.973. The fraction of sp³-hybridized carbons (Fsp3) is 0.375. The summed E-state index contributed by atoms with van der Waals surface area (Å²) < 4.78 is 7.28. The second-order valence-corrected chi connectivity index (χ2v) is 5.61. The van der Waals surface area contributed by atoms with Gasteiger partial charge in [-0.05, 0) is 12.0 Å². The van der Waals surface area contributed by atoms with Crippen LogP contribution in [0.2, 0.25) is 0 Å². The number of carbonyl (C=O) groups excluding carboxylic acids is 1. The number of carbonyl (C=O) groups is 1. The summed E-state index contributed by atoms with van der Waals surface area (Å²) in [6.45, 7) is 0.492. The van der Waals surface area contributed by atoms with Crippen LogP contribution in [0, 0.1) is 10.1 Å². The van der Waals surface area contributed by atoms with Crippen LogP contribution in [-0.4, -0.2) is 26.6 Å². The Morgan fingerprint density at radius 3 is 2.83 bits per heavy atom. The van der Waals surface area contributed by atoms with Crippen LogP contribution in [0.25, 0.3) is 0 Å². The minimum absolute atomic E-state index is 0.0440. The van der Waals surface area contributed by atoms with E-state index in [4.69, 9.17) is 4.74 Å². The Balaban J connectivity index is 1.64. The topological polar surface area (TPSA) is 87.3 Å². The van der Waals surface area contributed by atoms with Gasteiger partial charge in [0.1, 0.15) is 18.4 Å². The summed E-state index contributed by atoms with van der Waals surface area (Å²) in [7, 11) is 0. The van der Waals surface area contributed by atoms with E-state index in [2.05, 4.69) is 5.10 Å². The predicted molar refractivity (Wildman–Crippen MR) is 81.8 cm³/mol. The van der Waals surface area contributed by atoms with E-state index in [-0.39, 0.29) is 17.6 Å². The third-order valence-corrected chi connectivity index (χ3v) is 4.02. The fourth-order valence-electron chi connectivity index (χ4n) is 2.76. The number of aromatic nitrogens is 2. The zero-order valence-corrected chi connectivity index (χ0v) is 12.5. The number of nitro groups is 1. The van der Waals surface area contributed by atoms with Crippen LogP contribution >= 0.6 is 0 Å². The number of Topliss-reactive ketones (excluding diaryl/α,β-unsaturated/α-hetero) is 1. The van der Waals surface area contributed by atoms with Crippen molar-refractivity contribution in [1.82, 2.24) is 9.78 Å². The smallest absolute Gasteiger partial charge is 0.307 e. The van der Waals surface area contributed by atoms with Gasteiger partial charge in [0.25, 0.3) is 0 Å². The maximum Gasteiger partial charge on any atom is 0.307 e. The Bertz CT molecular complexity index is 698. The number of ketones is 1. The maximum atomic E-state index is 12.1. The highest BCUT2D eigenvalue weighted by molar-refractivity contribution is 5.83. The number of rotatable bonds is 5. The molecule has 0 N–H and O–H groups in total. The lowest BCUT2D eigenvalue weighted by Gasteiger charge is -2.28. The summed E-state index contributed by atoms with van der Waals surface area (Å²) in [6, 6.07) is 9.34. The molecule has 1 aromatic heterocycles. The summed E-state index contributed by atoms with van der Waals surface area (Å²) in [4.78, 5) is 22.3. The molecule has 1 aliphatic carbocycles. The van der Waals surface area contributed by atoms with Crippen LogP contribution in [0.15, 0.2) is 42.7 Å². The molecule has 23 heavy (non-hydrogen) atoms. The first-order valence-electron chi connectivity index (χ1n) is 7.50. The summed E-state index contributed by atoms with van der Waals surface area (Å²) in [5, 5.41) is 14.7. The van der Waals surface area contributed by atoms with Crippen molar-refractivity contribution in [3.05, 3.63) is 58.4 Å². The zero-order chi connectivity index (χ0) is 16.2. The van der Waals surface area contributed by atoms with Gasteiger partial charge in [0.15, 0.2) is 5.78 Å². The largest absolute Gasteiger partial charge is 0.373 e. The van der Waals surface area contributed by atoms with Crippen molar-refractivity contribution in [3.8, 4) is 0 Å². The van der Waals surface area contributed by atoms with E-state index >= 15 is 0 Å². The normalized spacial score (nSPS) is 21.3. The number of nitrogens with zero attached hydrogens (tertiary/aromatic N) is 3. The SMILES string of the molecule is O=C1CC[C@@H](OCc2ccccc2)C[C@@H]1n1cc([N+](=O)[O-])cn1. The van der Waals surface area contributed by atoms with Crippen LogP contribution in [-0.2, 0) is 16.1 Å². The second kappa shape index (κ2) is 6.70. The number of benzene rings is 1. The van der Waals surface area contributed by atoms with E-state index in [1.54, 1.807) is 0 Å². The fourth-order valence-corrected chi connectivity index (χ4v) is 2.76. The molecule has 2 atom stereocenters. The number of ether oxygens (including phenoxy) is 1. The molecule has 0 unspecified atom stereocenters. The van der Waals surface area contributed by atoms with E-state index in [1.165, 1.54) is 17.1 Å². The van der Waals surface area contributed by atoms with Gasteiger partial charge in [0, 0.05) is 12.8 Å². The standard InChI is InChI=1S/C16H17N3O4/c20-16-7-6-14(23-11-12-4-2-1-3-5-12)8-15(16)18-10-13(9-17-18)19(21)22/h1-5,9-10,14-15H,6-8,11H2/t14-,15+/m1/s1. The molecule has 0 radical (unpaired) electrons. The third-order valence-electron chi connectivity index (χ3n) is 4.02. The minimum atomic E-state index is -0.514. The highest BCUT2D eigenvalue weighted by atomic mass is 16.6. The lowest BCUT2D eigenvalue weighted by molar-refractivity contribution is -0.385. The lowest BCUT2D eigenvalue weighted by atomic mass is 9.91. The highest BCUT2D eigenvalue weighted by Gasteiger charge is 2.32. The molecule has 1 saturated carbocycles. The van der Waals surface area contributed by atoms with Crippen molar-refractivity contribution < 1.29 is 14.5 Å². The molecule has 0 bridgehead atoms. The lowest BCUT2D eigenvalue weighted by Crippen LogP contribution is -2.32. The van der Waals surface area contributed by atoms with Gasteiger partial charge in [-0.2, -0.15) is 5.10 Å². The van der Waals surface area contributed by atoms with E-state index in [1.807, 2.05) is 30.3 Å². The van der Waals surface area contributed by atoms with Gasteiger partial charge < -0.3 is 4.74 Å².